The molecule has 0 fully saturated rings. The fraction of sp³-hybridized carbons (Fsp3) is 0.176. The fourth-order valence-electron chi connectivity index (χ4n) is 6.70. The van der Waals surface area contributed by atoms with Gasteiger partial charge in [-0.05, 0) is 0 Å². The number of halogens is 1. The van der Waals surface area contributed by atoms with Gasteiger partial charge in [0.2, 0.25) is 0 Å². The van der Waals surface area contributed by atoms with E-state index in [1.54, 1.807) is 0 Å². The summed E-state index contributed by atoms with van der Waals surface area (Å²) >= 11 is -3.43. The summed E-state index contributed by atoms with van der Waals surface area (Å²) < 4.78 is 0.774. The SMILES string of the molecule is CC1=Cc2c(-c3ccccc3)cccc2[CH]1[Zr]([Cl])([CH]1C(C)=Cc2c(-c3ccccc3)cccc21)=[Si](C)C. The summed E-state index contributed by atoms with van der Waals surface area (Å²) in [7, 11) is 8.30. The molecular weight excluding hydrogens is 563 g/mol. The van der Waals surface area contributed by atoms with Crippen molar-refractivity contribution >= 4 is 26.1 Å². The minimum absolute atomic E-state index is 0.387. The minimum atomic E-state index is -3.43. The van der Waals surface area contributed by atoms with Crippen molar-refractivity contribution < 1.29 is 17.7 Å². The van der Waals surface area contributed by atoms with Crippen molar-refractivity contribution in [1.82, 2.24) is 0 Å². The second kappa shape index (κ2) is 9.81. The van der Waals surface area contributed by atoms with E-state index in [1.165, 1.54) is 55.7 Å². The Labute approximate surface area is 229 Å². The van der Waals surface area contributed by atoms with Crippen LogP contribution in [-0.2, 0) is 17.7 Å². The van der Waals surface area contributed by atoms with Gasteiger partial charge in [-0.2, -0.15) is 0 Å². The first-order chi connectivity index (χ1) is 17.9. The predicted octanol–water partition coefficient (Wildman–Crippen LogP) is 10.2. The van der Waals surface area contributed by atoms with Gasteiger partial charge in [0.05, 0.1) is 0 Å². The van der Waals surface area contributed by atoms with E-state index in [0.29, 0.717) is 7.25 Å². The summed E-state index contributed by atoms with van der Waals surface area (Å²) in [5, 5.41) is 0. The van der Waals surface area contributed by atoms with Gasteiger partial charge in [0.15, 0.2) is 0 Å². The van der Waals surface area contributed by atoms with Crippen molar-refractivity contribution in [2.45, 2.75) is 34.2 Å². The van der Waals surface area contributed by atoms with Crippen molar-refractivity contribution in [2.24, 2.45) is 0 Å². The van der Waals surface area contributed by atoms with Crippen LogP contribution >= 0.6 is 8.51 Å². The monoisotopic (exact) mass is 593 g/mol. The van der Waals surface area contributed by atoms with Crippen molar-refractivity contribution in [3.63, 3.8) is 0 Å². The molecule has 0 N–H and O–H groups in total. The van der Waals surface area contributed by atoms with Crippen LogP contribution in [-0.4, -0.2) is 5.43 Å². The third-order valence-electron chi connectivity index (χ3n) is 8.33. The molecule has 0 bridgehead atoms. The molecule has 2 unspecified atom stereocenters. The Kier molecular flexibility index (Phi) is 6.64. The zero-order chi connectivity index (χ0) is 25.7. The summed E-state index contributed by atoms with van der Waals surface area (Å²) in [6.07, 6.45) is 4.91. The van der Waals surface area contributed by atoms with Crippen LogP contribution < -0.4 is 0 Å². The van der Waals surface area contributed by atoms with Crippen molar-refractivity contribution in [2.75, 3.05) is 0 Å². The second-order valence-electron chi connectivity index (χ2n) is 10.8. The number of benzene rings is 4. The molecular formula is C34H32ClSiZr. The number of hydrogen-bond acceptors (Lipinski definition) is 0. The van der Waals surface area contributed by atoms with E-state index >= 15 is 0 Å². The van der Waals surface area contributed by atoms with Crippen LogP contribution in [0.25, 0.3) is 34.4 Å². The molecule has 0 radical (unpaired) electrons. The van der Waals surface area contributed by atoms with Crippen LogP contribution in [0.2, 0.25) is 13.1 Å². The van der Waals surface area contributed by atoms with E-state index in [4.69, 9.17) is 8.51 Å². The molecule has 4 aromatic carbocycles. The fourth-order valence-corrected chi connectivity index (χ4v) is 32.3. The third-order valence-corrected chi connectivity index (χ3v) is 41.8. The van der Waals surface area contributed by atoms with E-state index < -0.39 is 23.1 Å². The molecule has 0 amide bonds. The summed E-state index contributed by atoms with van der Waals surface area (Å²) in [5.41, 5.74) is 13.1. The molecule has 0 aliphatic heterocycles. The molecule has 2 aliphatic rings. The van der Waals surface area contributed by atoms with Gasteiger partial charge in [0, 0.05) is 0 Å². The Balaban J connectivity index is 1.54. The maximum absolute atomic E-state index is 8.30. The molecule has 0 saturated heterocycles. The number of rotatable bonds is 4. The van der Waals surface area contributed by atoms with Gasteiger partial charge < -0.3 is 0 Å². The van der Waals surface area contributed by atoms with Gasteiger partial charge in [-0.3, -0.25) is 0 Å². The van der Waals surface area contributed by atoms with E-state index in [2.05, 4.69) is 136 Å². The quantitative estimate of drug-likeness (QED) is 0.206. The van der Waals surface area contributed by atoms with Crippen LogP contribution in [0.5, 0.6) is 0 Å². The first-order valence-corrected chi connectivity index (χ1v) is 25.3. The van der Waals surface area contributed by atoms with Crippen LogP contribution in [0.15, 0.2) is 108 Å². The molecule has 2 aliphatic carbocycles. The zero-order valence-electron chi connectivity index (χ0n) is 21.9. The normalized spacial score (nSPS) is 19.5. The summed E-state index contributed by atoms with van der Waals surface area (Å²) in [6, 6.07) is 35.4. The first kappa shape index (κ1) is 25.1. The maximum atomic E-state index is 8.30. The van der Waals surface area contributed by atoms with Gasteiger partial charge in [-0.15, -0.1) is 0 Å². The number of hydrogen-bond donors (Lipinski definition) is 0. The first-order valence-electron chi connectivity index (χ1n) is 13.1. The van der Waals surface area contributed by atoms with E-state index in [9.17, 15) is 0 Å². The predicted molar refractivity (Wildman–Crippen MR) is 160 cm³/mol. The summed E-state index contributed by atoms with van der Waals surface area (Å²) in [6.45, 7) is 9.67. The molecule has 37 heavy (non-hydrogen) atoms. The average molecular weight is 595 g/mol. The van der Waals surface area contributed by atoms with E-state index in [1.807, 2.05) is 0 Å². The van der Waals surface area contributed by atoms with Crippen molar-refractivity contribution in [3.05, 3.63) is 130 Å². The molecule has 0 spiro atoms. The Morgan fingerprint density at radius 2 is 0.973 bits per heavy atom. The Morgan fingerprint density at radius 3 is 1.35 bits per heavy atom. The van der Waals surface area contributed by atoms with Crippen molar-refractivity contribution in [3.8, 4) is 22.3 Å². The summed E-state index contributed by atoms with van der Waals surface area (Å²) in [4.78, 5) is 0. The standard InChI is InChI=1S/2C16H13.C2H6Si.ClH.Zr/c2*1-12-10-14-8-5-9-15(16(14)11-12)13-6-3-2-4-7-13;1-3-2;;/h2*2-11H,1H3;1-2H3;1H;/q;;;;+1/p-1. The average Bonchev–Trinajstić information content (AvgIpc) is 3.44. The van der Waals surface area contributed by atoms with Gasteiger partial charge in [-0.1, -0.05) is 0 Å². The van der Waals surface area contributed by atoms with Crippen LogP contribution in [0.3, 0.4) is 0 Å². The Hall–Kier alpha value is -2.25. The molecule has 0 aromatic heterocycles. The molecule has 2 atom stereocenters. The second-order valence-corrected chi connectivity index (χ2v) is 37.2. The van der Waals surface area contributed by atoms with E-state index in [-0.39, 0.29) is 0 Å². The zero-order valence-corrected chi connectivity index (χ0v) is 26.1. The number of allylic oxidation sites excluding steroid dienone is 2. The van der Waals surface area contributed by atoms with Gasteiger partial charge in [0.1, 0.15) is 0 Å². The van der Waals surface area contributed by atoms with Gasteiger partial charge >= 0.3 is 231 Å². The molecule has 6 rings (SSSR count). The molecule has 183 valence electrons. The molecule has 0 heterocycles. The van der Waals surface area contributed by atoms with Gasteiger partial charge in [0.25, 0.3) is 0 Å². The van der Waals surface area contributed by atoms with Gasteiger partial charge in [-0.25, -0.2) is 0 Å². The Bertz CT molecular complexity index is 1510. The van der Waals surface area contributed by atoms with Crippen molar-refractivity contribution in [1.29, 1.82) is 0 Å². The van der Waals surface area contributed by atoms with Crippen LogP contribution in [0.1, 0.15) is 43.4 Å². The van der Waals surface area contributed by atoms with Crippen LogP contribution in [0, 0.1) is 0 Å². The van der Waals surface area contributed by atoms with E-state index in [0.717, 1.165) is 0 Å². The molecule has 4 aromatic rings. The number of fused-ring (bicyclic) bond motifs is 2. The topological polar surface area (TPSA) is 0 Å². The third kappa shape index (κ3) is 4.04. The summed E-state index contributed by atoms with van der Waals surface area (Å²) in [5.74, 6) is 0. The molecule has 3 heteroatoms. The Morgan fingerprint density at radius 1 is 0.568 bits per heavy atom. The van der Waals surface area contributed by atoms with Crippen LogP contribution in [0.4, 0.5) is 0 Å². The molecule has 0 saturated carbocycles. The molecule has 0 nitrogen and oxygen atoms in total.